The molecule has 0 saturated carbocycles. The van der Waals surface area contributed by atoms with Crippen molar-refractivity contribution >= 4 is 0 Å². The minimum absolute atomic E-state index is 0.384. The number of rotatable bonds is 14. The number of ether oxygens (including phenoxy) is 1. The number of hydrogen-bond acceptors (Lipinski definition) is 3. The van der Waals surface area contributed by atoms with Gasteiger partial charge in [0.2, 0.25) is 0 Å². The van der Waals surface area contributed by atoms with Gasteiger partial charge < -0.3 is 4.74 Å². The molecule has 136 valence electrons. The molecule has 0 aliphatic heterocycles. The average molecular weight is 341 g/mol. The number of hydrogen-bond donors (Lipinski definition) is 0. The first-order valence-corrected chi connectivity index (χ1v) is 9.89. The van der Waals surface area contributed by atoms with E-state index >= 15 is 0 Å². The number of unbranched alkanes of at least 4 members (excludes halogenated alkanes) is 11. The van der Waals surface area contributed by atoms with Crippen molar-refractivity contribution < 1.29 is 4.74 Å². The Morgan fingerprint density at radius 1 is 0.720 bits per heavy atom. The molecular formula is C22H32N2O. The standard InChI is InChI=1S/C22H32N2O/c1-2-3-4-5-6-7-8-9-10-11-12-13-16-25-22-15-14-20(18-23)21(17-22)19-24/h14-15,17H,2-13,16H2,1H3. The molecule has 0 saturated heterocycles. The van der Waals surface area contributed by atoms with Gasteiger partial charge in [0.25, 0.3) is 0 Å². The van der Waals surface area contributed by atoms with Crippen LogP contribution >= 0.6 is 0 Å². The minimum atomic E-state index is 0.384. The second kappa shape index (κ2) is 14.4. The topological polar surface area (TPSA) is 56.8 Å². The molecule has 1 rings (SSSR count). The Hall–Kier alpha value is -2.00. The lowest BCUT2D eigenvalue weighted by Gasteiger charge is -2.07. The molecule has 1 aromatic carbocycles. The zero-order chi connectivity index (χ0) is 18.2. The van der Waals surface area contributed by atoms with Crippen LogP contribution < -0.4 is 4.74 Å². The lowest BCUT2D eigenvalue weighted by atomic mass is 10.1. The fraction of sp³-hybridized carbons (Fsp3) is 0.636. The van der Waals surface area contributed by atoms with Gasteiger partial charge in [-0.15, -0.1) is 0 Å². The molecule has 0 atom stereocenters. The first-order chi connectivity index (χ1) is 12.3. The predicted octanol–water partition coefficient (Wildman–Crippen LogP) is 6.51. The molecule has 0 aliphatic rings. The Morgan fingerprint density at radius 3 is 1.76 bits per heavy atom. The summed E-state index contributed by atoms with van der Waals surface area (Å²) < 4.78 is 5.68. The van der Waals surface area contributed by atoms with E-state index in [0.717, 1.165) is 6.42 Å². The van der Waals surface area contributed by atoms with Crippen LogP contribution in [0.1, 0.15) is 95.1 Å². The van der Waals surface area contributed by atoms with Gasteiger partial charge >= 0.3 is 0 Å². The highest BCUT2D eigenvalue weighted by Crippen LogP contribution is 2.17. The quantitative estimate of drug-likeness (QED) is 0.363. The van der Waals surface area contributed by atoms with Crippen molar-refractivity contribution in [3.63, 3.8) is 0 Å². The summed E-state index contributed by atoms with van der Waals surface area (Å²) in [6, 6.07) is 9.11. The van der Waals surface area contributed by atoms with Gasteiger partial charge in [-0.2, -0.15) is 10.5 Å². The van der Waals surface area contributed by atoms with Crippen LogP contribution in [0.4, 0.5) is 0 Å². The van der Waals surface area contributed by atoms with Gasteiger partial charge in [0.15, 0.2) is 0 Å². The predicted molar refractivity (Wildman–Crippen MR) is 102 cm³/mol. The van der Waals surface area contributed by atoms with Gasteiger partial charge in [-0.3, -0.25) is 0 Å². The molecule has 0 radical (unpaired) electrons. The van der Waals surface area contributed by atoms with E-state index in [4.69, 9.17) is 15.3 Å². The van der Waals surface area contributed by atoms with Crippen LogP contribution in [0.2, 0.25) is 0 Å². The summed E-state index contributed by atoms with van der Waals surface area (Å²) in [5.41, 5.74) is 0.787. The van der Waals surface area contributed by atoms with Crippen LogP contribution in [-0.2, 0) is 0 Å². The molecule has 0 spiro atoms. The fourth-order valence-corrected chi connectivity index (χ4v) is 2.94. The second-order valence-corrected chi connectivity index (χ2v) is 6.67. The molecule has 0 bridgehead atoms. The third-order valence-corrected chi connectivity index (χ3v) is 4.50. The maximum Gasteiger partial charge on any atom is 0.120 e. The summed E-state index contributed by atoms with van der Waals surface area (Å²) in [7, 11) is 0. The van der Waals surface area contributed by atoms with Crippen molar-refractivity contribution in [2.45, 2.75) is 84.0 Å². The first-order valence-electron chi connectivity index (χ1n) is 9.89. The van der Waals surface area contributed by atoms with Gasteiger partial charge in [0.1, 0.15) is 17.9 Å². The van der Waals surface area contributed by atoms with Crippen molar-refractivity contribution in [3.8, 4) is 17.9 Å². The van der Waals surface area contributed by atoms with E-state index in [2.05, 4.69) is 6.92 Å². The van der Waals surface area contributed by atoms with Gasteiger partial charge in [0, 0.05) is 0 Å². The van der Waals surface area contributed by atoms with E-state index in [-0.39, 0.29) is 0 Å². The summed E-state index contributed by atoms with van der Waals surface area (Å²) in [4.78, 5) is 0. The van der Waals surface area contributed by atoms with Crippen LogP contribution in [0, 0.1) is 22.7 Å². The Kier molecular flexibility index (Phi) is 12.1. The molecule has 3 nitrogen and oxygen atoms in total. The van der Waals surface area contributed by atoms with Crippen LogP contribution in [-0.4, -0.2) is 6.61 Å². The molecule has 25 heavy (non-hydrogen) atoms. The van der Waals surface area contributed by atoms with Crippen LogP contribution in [0.25, 0.3) is 0 Å². The van der Waals surface area contributed by atoms with Crippen LogP contribution in [0.3, 0.4) is 0 Å². The molecule has 0 aliphatic carbocycles. The van der Waals surface area contributed by atoms with E-state index in [0.29, 0.717) is 23.5 Å². The number of benzene rings is 1. The summed E-state index contributed by atoms with van der Waals surface area (Å²) in [5, 5.41) is 17.9. The monoisotopic (exact) mass is 340 g/mol. The number of nitriles is 2. The summed E-state index contributed by atoms with van der Waals surface area (Å²) in [6.07, 6.45) is 15.9. The van der Waals surface area contributed by atoms with Crippen molar-refractivity contribution in [3.05, 3.63) is 29.3 Å². The smallest absolute Gasteiger partial charge is 0.120 e. The normalized spacial score (nSPS) is 10.2. The van der Waals surface area contributed by atoms with E-state index in [1.807, 2.05) is 12.1 Å². The number of nitrogens with zero attached hydrogens (tertiary/aromatic N) is 2. The average Bonchev–Trinajstić information content (AvgIpc) is 2.65. The summed E-state index contributed by atoms with van der Waals surface area (Å²) in [6.45, 7) is 2.94. The zero-order valence-electron chi connectivity index (χ0n) is 15.7. The van der Waals surface area contributed by atoms with Gasteiger partial charge in [-0.05, 0) is 24.6 Å². The van der Waals surface area contributed by atoms with E-state index < -0.39 is 0 Å². The highest BCUT2D eigenvalue weighted by Gasteiger charge is 2.03. The maximum absolute atomic E-state index is 9.00. The Balaban J connectivity index is 1.97. The summed E-state index contributed by atoms with van der Waals surface area (Å²) in [5.74, 6) is 0.679. The third-order valence-electron chi connectivity index (χ3n) is 4.50. The molecule has 0 aromatic heterocycles. The second-order valence-electron chi connectivity index (χ2n) is 6.67. The van der Waals surface area contributed by atoms with Crippen molar-refractivity contribution in [2.24, 2.45) is 0 Å². The molecular weight excluding hydrogens is 308 g/mol. The molecule has 0 fully saturated rings. The van der Waals surface area contributed by atoms with Crippen LogP contribution in [0.5, 0.6) is 5.75 Å². The summed E-state index contributed by atoms with van der Waals surface area (Å²) >= 11 is 0. The van der Waals surface area contributed by atoms with Gasteiger partial charge in [-0.25, -0.2) is 0 Å². The van der Waals surface area contributed by atoms with Crippen molar-refractivity contribution in [1.29, 1.82) is 10.5 Å². The van der Waals surface area contributed by atoms with Crippen molar-refractivity contribution in [1.82, 2.24) is 0 Å². The molecule has 0 heterocycles. The van der Waals surface area contributed by atoms with Crippen molar-refractivity contribution in [2.75, 3.05) is 6.61 Å². The minimum Gasteiger partial charge on any atom is -0.494 e. The SMILES string of the molecule is CCCCCCCCCCCCCCOc1ccc(C#N)c(C#N)c1. The molecule has 0 amide bonds. The Labute approximate surface area is 153 Å². The lowest BCUT2D eigenvalue weighted by molar-refractivity contribution is 0.304. The largest absolute Gasteiger partial charge is 0.494 e. The molecule has 3 heteroatoms. The fourth-order valence-electron chi connectivity index (χ4n) is 2.94. The van der Waals surface area contributed by atoms with E-state index in [1.54, 1.807) is 18.2 Å². The molecule has 1 aromatic rings. The van der Waals surface area contributed by atoms with Crippen LogP contribution in [0.15, 0.2) is 18.2 Å². The Bertz CT molecular complexity index is 554. The van der Waals surface area contributed by atoms with E-state index in [1.165, 1.54) is 70.6 Å². The van der Waals surface area contributed by atoms with E-state index in [9.17, 15) is 0 Å². The molecule has 0 N–H and O–H groups in total. The maximum atomic E-state index is 9.00. The molecule has 0 unspecified atom stereocenters. The highest BCUT2D eigenvalue weighted by atomic mass is 16.5. The highest BCUT2D eigenvalue weighted by molar-refractivity contribution is 5.49. The lowest BCUT2D eigenvalue weighted by Crippen LogP contribution is -1.98. The van der Waals surface area contributed by atoms with Gasteiger partial charge in [0.05, 0.1) is 17.7 Å². The first kappa shape index (κ1) is 21.0. The zero-order valence-corrected chi connectivity index (χ0v) is 15.7. The third kappa shape index (κ3) is 9.78. The Morgan fingerprint density at radius 2 is 1.24 bits per heavy atom. The van der Waals surface area contributed by atoms with Gasteiger partial charge in [-0.1, -0.05) is 77.6 Å².